The second-order valence-electron chi connectivity index (χ2n) is 2.92. The molecule has 0 radical (unpaired) electrons. The van der Waals surface area contributed by atoms with E-state index >= 15 is 0 Å². The van der Waals surface area contributed by atoms with E-state index in [1.807, 2.05) is 0 Å². The lowest BCUT2D eigenvalue weighted by Gasteiger charge is -2.12. The van der Waals surface area contributed by atoms with Crippen molar-refractivity contribution in [2.75, 3.05) is 20.8 Å². The van der Waals surface area contributed by atoms with Crippen molar-refractivity contribution in [1.82, 2.24) is 10.5 Å². The van der Waals surface area contributed by atoms with Gasteiger partial charge in [-0.25, -0.2) is 0 Å². The van der Waals surface area contributed by atoms with Crippen LogP contribution in [-0.4, -0.2) is 38.1 Å². The Bertz CT molecular complexity index is 338. The molecule has 0 bridgehead atoms. The lowest BCUT2D eigenvalue weighted by atomic mass is 10.3. The van der Waals surface area contributed by atoms with E-state index in [4.69, 9.17) is 14.0 Å². The van der Waals surface area contributed by atoms with Gasteiger partial charge in [-0.05, 0) is 0 Å². The van der Waals surface area contributed by atoms with E-state index in [0.29, 0.717) is 10.2 Å². The fraction of sp³-hybridized carbons (Fsp3) is 0.556. The number of halogens is 1. The van der Waals surface area contributed by atoms with Crippen LogP contribution in [0, 0.1) is 0 Å². The van der Waals surface area contributed by atoms with Gasteiger partial charge in [-0.3, -0.25) is 4.79 Å². The molecule has 0 atom stereocenters. The summed E-state index contributed by atoms with van der Waals surface area (Å²) in [5.41, 5.74) is 0.262. The summed E-state index contributed by atoms with van der Waals surface area (Å²) in [7, 11) is 3.01. The Hall–Kier alpha value is -0.670. The average Bonchev–Trinajstić information content (AvgIpc) is 2.78. The van der Waals surface area contributed by atoms with Crippen molar-refractivity contribution in [3.05, 3.63) is 17.5 Å². The topological polar surface area (TPSA) is 73.6 Å². The number of hydrogen-bond acceptors (Lipinski definition) is 5. The normalized spacial score (nSPS) is 10.8. The molecule has 1 N–H and O–H groups in total. The van der Waals surface area contributed by atoms with Gasteiger partial charge >= 0.3 is 0 Å². The number of hydrogen-bond donors (Lipinski definition) is 1. The van der Waals surface area contributed by atoms with Crippen LogP contribution >= 0.6 is 22.6 Å². The highest BCUT2D eigenvalue weighted by atomic mass is 127. The third-order valence-electron chi connectivity index (χ3n) is 1.88. The number of methoxy groups -OCH3 is 2. The zero-order valence-electron chi connectivity index (χ0n) is 9.03. The Morgan fingerprint density at radius 3 is 2.81 bits per heavy atom. The van der Waals surface area contributed by atoms with E-state index in [2.05, 4.69) is 33.1 Å². The van der Waals surface area contributed by atoms with Crippen molar-refractivity contribution >= 4 is 28.5 Å². The Balaban J connectivity index is 2.46. The number of rotatable bonds is 6. The van der Waals surface area contributed by atoms with Gasteiger partial charge in [0.1, 0.15) is 5.76 Å². The van der Waals surface area contributed by atoms with Crippen molar-refractivity contribution in [3.63, 3.8) is 0 Å². The van der Waals surface area contributed by atoms with Gasteiger partial charge in [0.15, 0.2) is 12.0 Å². The summed E-state index contributed by atoms with van der Waals surface area (Å²) in [5.74, 6) is 0.361. The molecule has 7 heteroatoms. The quantitative estimate of drug-likeness (QED) is 0.474. The first-order chi connectivity index (χ1) is 7.71. The summed E-state index contributed by atoms with van der Waals surface area (Å²) in [6.07, 6.45) is -0.458. The maximum Gasteiger partial charge on any atom is 0.273 e. The van der Waals surface area contributed by atoms with Crippen LogP contribution in [0.3, 0.4) is 0 Å². The molecule has 0 aliphatic carbocycles. The molecule has 1 amide bonds. The highest BCUT2D eigenvalue weighted by Crippen LogP contribution is 2.07. The molecule has 0 saturated heterocycles. The first kappa shape index (κ1) is 13.4. The molecular formula is C9H13IN2O4. The second kappa shape index (κ2) is 6.81. The third kappa shape index (κ3) is 3.72. The van der Waals surface area contributed by atoms with Crippen LogP contribution in [0.5, 0.6) is 0 Å². The van der Waals surface area contributed by atoms with Crippen molar-refractivity contribution in [2.24, 2.45) is 0 Å². The Labute approximate surface area is 107 Å². The molecule has 0 fully saturated rings. The minimum absolute atomic E-state index is 0.262. The summed E-state index contributed by atoms with van der Waals surface area (Å²) in [4.78, 5) is 11.6. The maximum atomic E-state index is 11.6. The fourth-order valence-corrected chi connectivity index (χ4v) is 1.37. The number of ether oxygens (including phenoxy) is 2. The number of alkyl halides is 1. The van der Waals surface area contributed by atoms with Gasteiger partial charge in [-0.15, -0.1) is 0 Å². The summed E-state index contributed by atoms with van der Waals surface area (Å²) < 4.78 is 15.5. The average molecular weight is 340 g/mol. The second-order valence-corrected chi connectivity index (χ2v) is 3.69. The highest BCUT2D eigenvalue weighted by Gasteiger charge is 2.13. The van der Waals surface area contributed by atoms with Gasteiger partial charge in [0.2, 0.25) is 0 Å². The van der Waals surface area contributed by atoms with Gasteiger partial charge in [0.25, 0.3) is 5.91 Å². The van der Waals surface area contributed by atoms with Crippen molar-refractivity contribution in [1.29, 1.82) is 0 Å². The molecule has 1 aromatic rings. The van der Waals surface area contributed by atoms with E-state index in [9.17, 15) is 4.79 Å². The van der Waals surface area contributed by atoms with Crippen LogP contribution in [0.4, 0.5) is 0 Å². The standard InChI is InChI=1S/C9H13IN2O4/c1-14-8(15-2)5-11-9(13)7-3-6(4-10)16-12-7/h3,8H,4-5H2,1-2H3,(H,11,13). The van der Waals surface area contributed by atoms with Crippen molar-refractivity contribution < 1.29 is 18.8 Å². The minimum atomic E-state index is -0.458. The van der Waals surface area contributed by atoms with Crippen LogP contribution < -0.4 is 5.32 Å². The number of aromatic nitrogens is 1. The van der Waals surface area contributed by atoms with Gasteiger partial charge in [0.05, 0.1) is 11.0 Å². The van der Waals surface area contributed by atoms with E-state index in [1.165, 1.54) is 14.2 Å². The molecule has 1 aromatic heterocycles. The minimum Gasteiger partial charge on any atom is -0.360 e. The Morgan fingerprint density at radius 1 is 1.62 bits per heavy atom. The number of nitrogens with one attached hydrogen (secondary N) is 1. The Kier molecular flexibility index (Phi) is 5.71. The smallest absolute Gasteiger partial charge is 0.273 e. The van der Waals surface area contributed by atoms with Crippen LogP contribution in [0.2, 0.25) is 0 Å². The lowest BCUT2D eigenvalue weighted by Crippen LogP contribution is -2.34. The van der Waals surface area contributed by atoms with Crippen molar-refractivity contribution in [3.8, 4) is 0 Å². The lowest BCUT2D eigenvalue weighted by molar-refractivity contribution is -0.0974. The third-order valence-corrected chi connectivity index (χ3v) is 2.63. The van der Waals surface area contributed by atoms with E-state index in [1.54, 1.807) is 6.07 Å². The molecule has 0 spiro atoms. The molecule has 0 aliphatic rings. The van der Waals surface area contributed by atoms with E-state index in [-0.39, 0.29) is 18.1 Å². The molecule has 0 unspecified atom stereocenters. The number of nitrogens with zero attached hydrogens (tertiary/aromatic N) is 1. The Morgan fingerprint density at radius 2 is 2.31 bits per heavy atom. The van der Waals surface area contributed by atoms with E-state index in [0.717, 1.165) is 0 Å². The molecule has 0 aliphatic heterocycles. The molecule has 0 saturated carbocycles. The molecule has 90 valence electrons. The monoisotopic (exact) mass is 340 g/mol. The fourth-order valence-electron chi connectivity index (χ4n) is 1.01. The van der Waals surface area contributed by atoms with Gasteiger partial charge in [-0.1, -0.05) is 27.7 Å². The van der Waals surface area contributed by atoms with Crippen LogP contribution in [0.25, 0.3) is 0 Å². The number of carbonyl (C=O) groups is 1. The zero-order valence-corrected chi connectivity index (χ0v) is 11.2. The van der Waals surface area contributed by atoms with Crippen LogP contribution in [-0.2, 0) is 13.9 Å². The predicted molar refractivity (Wildman–Crippen MR) is 64.4 cm³/mol. The molecule has 1 heterocycles. The number of amides is 1. The van der Waals surface area contributed by atoms with Crippen LogP contribution in [0.1, 0.15) is 16.2 Å². The molecule has 6 nitrogen and oxygen atoms in total. The summed E-state index contributed by atoms with van der Waals surface area (Å²) >= 11 is 2.13. The van der Waals surface area contributed by atoms with E-state index < -0.39 is 6.29 Å². The highest BCUT2D eigenvalue weighted by molar-refractivity contribution is 14.1. The van der Waals surface area contributed by atoms with Gasteiger partial charge in [-0.2, -0.15) is 0 Å². The van der Waals surface area contributed by atoms with Crippen molar-refractivity contribution in [2.45, 2.75) is 10.7 Å². The maximum absolute atomic E-state index is 11.6. The molecule has 0 aromatic carbocycles. The first-order valence-corrected chi connectivity index (χ1v) is 6.09. The largest absolute Gasteiger partial charge is 0.360 e. The van der Waals surface area contributed by atoms with Crippen LogP contribution in [0.15, 0.2) is 10.6 Å². The summed E-state index contributed by atoms with van der Waals surface area (Å²) in [6.45, 7) is 0.262. The van der Waals surface area contributed by atoms with Gasteiger partial charge in [0, 0.05) is 20.3 Å². The summed E-state index contributed by atoms with van der Waals surface area (Å²) in [5, 5.41) is 6.27. The SMILES string of the molecule is COC(CNC(=O)c1cc(CI)on1)OC. The molecular weight excluding hydrogens is 327 g/mol. The zero-order chi connectivity index (χ0) is 12.0. The van der Waals surface area contributed by atoms with Gasteiger partial charge < -0.3 is 19.3 Å². The molecule has 16 heavy (non-hydrogen) atoms. The predicted octanol–water partition coefficient (Wildman–Crippen LogP) is 0.958. The first-order valence-electron chi connectivity index (χ1n) is 4.56. The molecule has 1 rings (SSSR count). The summed E-state index contributed by atoms with van der Waals surface area (Å²) in [6, 6.07) is 1.61. The number of carbonyl (C=O) groups excluding carboxylic acids is 1.